The van der Waals surface area contributed by atoms with Crippen LogP contribution in [0, 0.1) is 0 Å². The minimum Gasteiger partial charge on any atom is -0.394 e. The van der Waals surface area contributed by atoms with Crippen molar-refractivity contribution in [2.75, 3.05) is 27.2 Å². The highest BCUT2D eigenvalue weighted by Crippen LogP contribution is 2.17. The molecule has 1 saturated heterocycles. The number of aliphatic hydroxyl groups excluding tert-OH is 1. The summed E-state index contributed by atoms with van der Waals surface area (Å²) in [6.45, 7) is 2.88. The van der Waals surface area contributed by atoms with E-state index >= 15 is 0 Å². The number of carbonyl (C=O) groups is 1. The van der Waals surface area contributed by atoms with Crippen LogP contribution >= 0.6 is 0 Å². The average Bonchev–Trinajstić information content (AvgIpc) is 2.61. The molecule has 1 N–H and O–H groups in total. The van der Waals surface area contributed by atoms with Gasteiger partial charge in [-0.05, 0) is 33.4 Å². The summed E-state index contributed by atoms with van der Waals surface area (Å²) < 4.78 is 0. The molecular formula is C10H20N2O2. The molecule has 1 rings (SSSR count). The van der Waals surface area contributed by atoms with Crippen LogP contribution in [0.3, 0.4) is 0 Å². The van der Waals surface area contributed by atoms with Crippen molar-refractivity contribution in [2.45, 2.75) is 31.8 Å². The molecule has 4 nitrogen and oxygen atoms in total. The molecule has 0 aromatic heterocycles. The van der Waals surface area contributed by atoms with Gasteiger partial charge < -0.3 is 10.0 Å². The maximum absolute atomic E-state index is 11.9. The third kappa shape index (κ3) is 2.25. The molecule has 0 saturated carbocycles. The molecule has 1 heterocycles. The SMILES string of the molecule is CC(CO)N(C)C(=O)C1CCCN1C. The van der Waals surface area contributed by atoms with E-state index < -0.39 is 0 Å². The number of likely N-dealkylation sites (tertiary alicyclic amines) is 1. The molecule has 2 atom stereocenters. The lowest BCUT2D eigenvalue weighted by Crippen LogP contribution is -2.47. The molecule has 14 heavy (non-hydrogen) atoms. The Morgan fingerprint density at radius 1 is 1.71 bits per heavy atom. The highest BCUT2D eigenvalue weighted by molar-refractivity contribution is 5.82. The van der Waals surface area contributed by atoms with Crippen molar-refractivity contribution in [2.24, 2.45) is 0 Å². The molecule has 1 fully saturated rings. The van der Waals surface area contributed by atoms with Gasteiger partial charge in [0.05, 0.1) is 18.7 Å². The predicted octanol–water partition coefficient (Wildman–Crippen LogP) is -0.0802. The quantitative estimate of drug-likeness (QED) is 0.693. The summed E-state index contributed by atoms with van der Waals surface area (Å²) in [5.41, 5.74) is 0. The zero-order valence-electron chi connectivity index (χ0n) is 9.23. The fraction of sp³-hybridized carbons (Fsp3) is 0.900. The van der Waals surface area contributed by atoms with Gasteiger partial charge >= 0.3 is 0 Å². The van der Waals surface area contributed by atoms with Crippen molar-refractivity contribution in [1.29, 1.82) is 0 Å². The van der Waals surface area contributed by atoms with Crippen LogP contribution in [0.15, 0.2) is 0 Å². The van der Waals surface area contributed by atoms with E-state index in [9.17, 15) is 4.79 Å². The number of hydrogen-bond donors (Lipinski definition) is 1. The number of amides is 1. The number of hydrogen-bond acceptors (Lipinski definition) is 3. The lowest BCUT2D eigenvalue weighted by atomic mass is 10.2. The Labute approximate surface area is 85.5 Å². The number of rotatable bonds is 3. The minimum atomic E-state index is -0.0866. The fourth-order valence-corrected chi connectivity index (χ4v) is 1.80. The Kier molecular flexibility index (Phi) is 3.89. The van der Waals surface area contributed by atoms with Gasteiger partial charge in [-0.2, -0.15) is 0 Å². The summed E-state index contributed by atoms with van der Waals surface area (Å²) in [5, 5.41) is 8.96. The van der Waals surface area contributed by atoms with E-state index in [2.05, 4.69) is 4.90 Å². The van der Waals surface area contributed by atoms with Gasteiger partial charge in [-0.25, -0.2) is 0 Å². The summed E-state index contributed by atoms with van der Waals surface area (Å²) in [6.07, 6.45) is 2.03. The van der Waals surface area contributed by atoms with Crippen LogP contribution in [-0.4, -0.2) is 60.1 Å². The van der Waals surface area contributed by atoms with Crippen molar-refractivity contribution in [3.63, 3.8) is 0 Å². The van der Waals surface area contributed by atoms with E-state index in [0.29, 0.717) is 0 Å². The normalized spacial score (nSPS) is 25.0. The maximum Gasteiger partial charge on any atom is 0.239 e. The lowest BCUT2D eigenvalue weighted by molar-refractivity contribution is -0.136. The summed E-state index contributed by atoms with van der Waals surface area (Å²) >= 11 is 0. The van der Waals surface area contributed by atoms with Gasteiger partial charge in [-0.1, -0.05) is 0 Å². The molecule has 0 radical (unpaired) electrons. The van der Waals surface area contributed by atoms with Gasteiger partial charge in [-0.15, -0.1) is 0 Å². The second kappa shape index (κ2) is 4.75. The van der Waals surface area contributed by atoms with E-state index in [0.717, 1.165) is 19.4 Å². The first kappa shape index (κ1) is 11.5. The topological polar surface area (TPSA) is 43.8 Å². The van der Waals surface area contributed by atoms with Gasteiger partial charge in [0.2, 0.25) is 5.91 Å². The Morgan fingerprint density at radius 2 is 2.36 bits per heavy atom. The number of aliphatic hydroxyl groups is 1. The van der Waals surface area contributed by atoms with E-state index in [1.807, 2.05) is 14.0 Å². The first-order valence-corrected chi connectivity index (χ1v) is 5.15. The lowest BCUT2D eigenvalue weighted by Gasteiger charge is -2.28. The molecule has 82 valence electrons. The third-order valence-electron chi connectivity index (χ3n) is 3.08. The fourth-order valence-electron chi connectivity index (χ4n) is 1.80. The molecule has 0 spiro atoms. The Hall–Kier alpha value is -0.610. The number of carbonyl (C=O) groups excluding carboxylic acids is 1. The van der Waals surface area contributed by atoms with Gasteiger partial charge in [0.25, 0.3) is 0 Å². The highest BCUT2D eigenvalue weighted by Gasteiger charge is 2.31. The van der Waals surface area contributed by atoms with Crippen LogP contribution in [0.2, 0.25) is 0 Å². The minimum absolute atomic E-state index is 0.0222. The Morgan fingerprint density at radius 3 is 2.79 bits per heavy atom. The third-order valence-corrected chi connectivity index (χ3v) is 3.08. The van der Waals surface area contributed by atoms with Crippen molar-refractivity contribution in [3.05, 3.63) is 0 Å². The predicted molar refractivity (Wildman–Crippen MR) is 55.0 cm³/mol. The van der Waals surface area contributed by atoms with Gasteiger partial charge in [0.15, 0.2) is 0 Å². The molecule has 1 amide bonds. The van der Waals surface area contributed by atoms with Crippen molar-refractivity contribution in [3.8, 4) is 0 Å². The summed E-state index contributed by atoms with van der Waals surface area (Å²) in [6, 6.07) is -0.0644. The molecule has 0 bridgehead atoms. The standard InChI is InChI=1S/C10H20N2O2/c1-8(7-13)12(3)10(14)9-5-4-6-11(9)2/h8-9,13H,4-7H2,1-3H3. The van der Waals surface area contributed by atoms with Crippen LogP contribution in [0.4, 0.5) is 0 Å². The van der Waals surface area contributed by atoms with Crippen LogP contribution in [0.1, 0.15) is 19.8 Å². The molecule has 0 aromatic carbocycles. The molecule has 2 unspecified atom stereocenters. The van der Waals surface area contributed by atoms with Crippen molar-refractivity contribution < 1.29 is 9.90 Å². The monoisotopic (exact) mass is 200 g/mol. The molecule has 0 aliphatic carbocycles. The van der Waals surface area contributed by atoms with E-state index in [-0.39, 0.29) is 24.6 Å². The Bertz CT molecular complexity index is 208. The summed E-state index contributed by atoms with van der Waals surface area (Å²) in [4.78, 5) is 15.7. The number of likely N-dealkylation sites (N-methyl/N-ethyl adjacent to an activating group) is 2. The van der Waals surface area contributed by atoms with Crippen LogP contribution in [0.25, 0.3) is 0 Å². The van der Waals surface area contributed by atoms with E-state index in [4.69, 9.17) is 5.11 Å². The van der Waals surface area contributed by atoms with E-state index in [1.54, 1.807) is 11.9 Å². The van der Waals surface area contributed by atoms with Gasteiger partial charge in [0, 0.05) is 7.05 Å². The number of nitrogens with zero attached hydrogens (tertiary/aromatic N) is 2. The summed E-state index contributed by atoms with van der Waals surface area (Å²) in [5.74, 6) is 0.131. The Balaban J connectivity index is 2.55. The zero-order valence-corrected chi connectivity index (χ0v) is 9.23. The van der Waals surface area contributed by atoms with Crippen molar-refractivity contribution >= 4 is 5.91 Å². The van der Waals surface area contributed by atoms with Crippen LogP contribution < -0.4 is 0 Å². The van der Waals surface area contributed by atoms with Crippen LogP contribution in [-0.2, 0) is 4.79 Å². The second-order valence-electron chi connectivity index (χ2n) is 4.12. The smallest absolute Gasteiger partial charge is 0.239 e. The average molecular weight is 200 g/mol. The first-order chi connectivity index (χ1) is 6.57. The second-order valence-corrected chi connectivity index (χ2v) is 4.12. The van der Waals surface area contributed by atoms with E-state index in [1.165, 1.54) is 0 Å². The molecule has 1 aliphatic rings. The van der Waals surface area contributed by atoms with Crippen LogP contribution in [0.5, 0.6) is 0 Å². The molecule has 4 heteroatoms. The molecule has 0 aromatic rings. The maximum atomic E-state index is 11.9. The summed E-state index contributed by atoms with van der Waals surface area (Å²) in [7, 11) is 3.74. The molecular weight excluding hydrogens is 180 g/mol. The molecule has 1 aliphatic heterocycles. The highest BCUT2D eigenvalue weighted by atomic mass is 16.3. The van der Waals surface area contributed by atoms with Gasteiger partial charge in [0.1, 0.15) is 0 Å². The zero-order chi connectivity index (χ0) is 10.7. The van der Waals surface area contributed by atoms with Crippen molar-refractivity contribution in [1.82, 2.24) is 9.80 Å². The largest absolute Gasteiger partial charge is 0.394 e. The van der Waals surface area contributed by atoms with Gasteiger partial charge in [-0.3, -0.25) is 9.69 Å². The first-order valence-electron chi connectivity index (χ1n) is 5.15.